The van der Waals surface area contributed by atoms with Crippen molar-refractivity contribution in [3.8, 4) is 0 Å². The Morgan fingerprint density at radius 2 is 2.00 bits per heavy atom. The molecular formula is C12H24N2O. The van der Waals surface area contributed by atoms with E-state index >= 15 is 0 Å². The highest BCUT2D eigenvalue weighted by atomic mass is 16.2. The SMILES string of the molecule is CCCCN(C(=O)CN)C1CCCCC1. The van der Waals surface area contributed by atoms with Gasteiger partial charge in [-0.05, 0) is 19.3 Å². The van der Waals surface area contributed by atoms with Crippen molar-refractivity contribution in [1.29, 1.82) is 0 Å². The van der Waals surface area contributed by atoms with E-state index in [2.05, 4.69) is 6.92 Å². The van der Waals surface area contributed by atoms with Crippen molar-refractivity contribution >= 4 is 5.91 Å². The number of nitrogens with zero attached hydrogens (tertiary/aromatic N) is 1. The summed E-state index contributed by atoms with van der Waals surface area (Å²) in [6.45, 7) is 3.23. The summed E-state index contributed by atoms with van der Waals surface area (Å²) in [5, 5.41) is 0. The highest BCUT2D eigenvalue weighted by Gasteiger charge is 2.23. The summed E-state index contributed by atoms with van der Waals surface area (Å²) in [5.41, 5.74) is 5.46. The number of carbonyl (C=O) groups excluding carboxylic acids is 1. The smallest absolute Gasteiger partial charge is 0.236 e. The van der Waals surface area contributed by atoms with Crippen LogP contribution in [0.25, 0.3) is 0 Å². The molecule has 3 heteroatoms. The summed E-state index contributed by atoms with van der Waals surface area (Å²) in [6, 6.07) is 0.473. The largest absolute Gasteiger partial charge is 0.339 e. The summed E-state index contributed by atoms with van der Waals surface area (Å²) >= 11 is 0. The van der Waals surface area contributed by atoms with E-state index in [0.29, 0.717) is 6.04 Å². The van der Waals surface area contributed by atoms with Crippen LogP contribution in [0.4, 0.5) is 0 Å². The normalized spacial score (nSPS) is 17.7. The first-order valence-electron chi connectivity index (χ1n) is 6.29. The Kier molecular flexibility index (Phi) is 5.69. The Hall–Kier alpha value is -0.570. The van der Waals surface area contributed by atoms with Crippen molar-refractivity contribution in [3.63, 3.8) is 0 Å². The van der Waals surface area contributed by atoms with Gasteiger partial charge in [-0.25, -0.2) is 0 Å². The van der Waals surface area contributed by atoms with Gasteiger partial charge >= 0.3 is 0 Å². The van der Waals surface area contributed by atoms with Gasteiger partial charge in [-0.15, -0.1) is 0 Å². The number of nitrogens with two attached hydrogens (primary N) is 1. The van der Waals surface area contributed by atoms with Gasteiger partial charge in [-0.1, -0.05) is 32.6 Å². The molecule has 1 saturated carbocycles. The minimum atomic E-state index is 0.135. The fourth-order valence-corrected chi connectivity index (χ4v) is 2.35. The molecule has 3 nitrogen and oxygen atoms in total. The van der Waals surface area contributed by atoms with Crippen LogP contribution in [0.3, 0.4) is 0 Å². The van der Waals surface area contributed by atoms with E-state index < -0.39 is 0 Å². The molecule has 0 atom stereocenters. The van der Waals surface area contributed by atoms with Crippen molar-refractivity contribution < 1.29 is 4.79 Å². The third-order valence-corrected chi connectivity index (χ3v) is 3.26. The molecule has 15 heavy (non-hydrogen) atoms. The molecule has 1 aliphatic rings. The minimum Gasteiger partial charge on any atom is -0.339 e. The quantitative estimate of drug-likeness (QED) is 0.756. The van der Waals surface area contributed by atoms with Gasteiger partial charge in [0.2, 0.25) is 5.91 Å². The van der Waals surface area contributed by atoms with Crippen molar-refractivity contribution in [2.24, 2.45) is 5.73 Å². The highest BCUT2D eigenvalue weighted by Crippen LogP contribution is 2.22. The minimum absolute atomic E-state index is 0.135. The molecule has 0 aromatic heterocycles. The highest BCUT2D eigenvalue weighted by molar-refractivity contribution is 5.78. The molecule has 1 aliphatic carbocycles. The maximum atomic E-state index is 11.7. The molecule has 1 fully saturated rings. The van der Waals surface area contributed by atoms with Gasteiger partial charge in [-0.3, -0.25) is 4.79 Å². The van der Waals surface area contributed by atoms with E-state index in [1.165, 1.54) is 32.1 Å². The molecule has 0 unspecified atom stereocenters. The number of rotatable bonds is 5. The van der Waals surface area contributed by atoms with Gasteiger partial charge in [0.15, 0.2) is 0 Å². The maximum Gasteiger partial charge on any atom is 0.236 e. The molecule has 0 heterocycles. The van der Waals surface area contributed by atoms with E-state index in [-0.39, 0.29) is 12.5 Å². The van der Waals surface area contributed by atoms with Gasteiger partial charge in [0.05, 0.1) is 6.54 Å². The standard InChI is InChI=1S/C12H24N2O/c1-2-3-9-14(12(15)10-13)11-7-5-4-6-8-11/h11H,2-10,13H2,1H3. The first-order chi connectivity index (χ1) is 7.29. The van der Waals surface area contributed by atoms with Gasteiger partial charge in [0, 0.05) is 12.6 Å². The second-order valence-electron chi connectivity index (χ2n) is 4.44. The summed E-state index contributed by atoms with van der Waals surface area (Å²) in [6.07, 6.45) is 8.46. The molecule has 0 saturated heterocycles. The van der Waals surface area contributed by atoms with Crippen LogP contribution in [0.2, 0.25) is 0 Å². The van der Waals surface area contributed by atoms with Crippen LogP contribution < -0.4 is 5.73 Å². The number of unbranched alkanes of at least 4 members (excludes halogenated alkanes) is 1. The predicted molar refractivity (Wildman–Crippen MR) is 62.5 cm³/mol. The van der Waals surface area contributed by atoms with E-state index in [0.717, 1.165) is 19.4 Å². The average molecular weight is 212 g/mol. The van der Waals surface area contributed by atoms with Gasteiger partial charge < -0.3 is 10.6 Å². The number of hydrogen-bond donors (Lipinski definition) is 1. The predicted octanol–water partition coefficient (Wildman–Crippen LogP) is 1.91. The third kappa shape index (κ3) is 3.82. The molecule has 1 rings (SSSR count). The van der Waals surface area contributed by atoms with Gasteiger partial charge in [0.1, 0.15) is 0 Å². The molecular weight excluding hydrogens is 188 g/mol. The first kappa shape index (κ1) is 12.5. The van der Waals surface area contributed by atoms with Crippen molar-refractivity contribution in [2.45, 2.75) is 57.9 Å². The first-order valence-corrected chi connectivity index (χ1v) is 6.29. The van der Waals surface area contributed by atoms with Gasteiger partial charge in [-0.2, -0.15) is 0 Å². The molecule has 0 bridgehead atoms. The second-order valence-corrected chi connectivity index (χ2v) is 4.44. The van der Waals surface area contributed by atoms with Crippen molar-refractivity contribution in [3.05, 3.63) is 0 Å². The van der Waals surface area contributed by atoms with Crippen LogP contribution in [0, 0.1) is 0 Å². The van der Waals surface area contributed by atoms with Crippen molar-refractivity contribution in [2.75, 3.05) is 13.1 Å². The van der Waals surface area contributed by atoms with Crippen LogP contribution in [0.1, 0.15) is 51.9 Å². The van der Waals surface area contributed by atoms with Crippen LogP contribution >= 0.6 is 0 Å². The van der Waals surface area contributed by atoms with Crippen LogP contribution in [-0.2, 0) is 4.79 Å². The zero-order valence-corrected chi connectivity index (χ0v) is 9.87. The monoisotopic (exact) mass is 212 g/mol. The lowest BCUT2D eigenvalue weighted by molar-refractivity contribution is -0.132. The molecule has 0 aliphatic heterocycles. The fourth-order valence-electron chi connectivity index (χ4n) is 2.35. The lowest BCUT2D eigenvalue weighted by Crippen LogP contribution is -2.44. The summed E-state index contributed by atoms with van der Waals surface area (Å²) in [5.74, 6) is 0.135. The van der Waals surface area contributed by atoms with E-state index in [1.807, 2.05) is 4.90 Å². The lowest BCUT2D eigenvalue weighted by atomic mass is 9.94. The Balaban J connectivity index is 2.49. The fraction of sp³-hybridized carbons (Fsp3) is 0.917. The molecule has 1 amide bonds. The van der Waals surface area contributed by atoms with E-state index in [1.54, 1.807) is 0 Å². The molecule has 0 aromatic carbocycles. The Labute approximate surface area is 93.0 Å². The number of hydrogen-bond acceptors (Lipinski definition) is 2. The second kappa shape index (κ2) is 6.83. The average Bonchev–Trinajstić information content (AvgIpc) is 2.30. The summed E-state index contributed by atoms with van der Waals surface area (Å²) in [4.78, 5) is 13.7. The number of carbonyl (C=O) groups is 1. The zero-order chi connectivity index (χ0) is 11.1. The van der Waals surface area contributed by atoms with Crippen LogP contribution in [0.15, 0.2) is 0 Å². The summed E-state index contributed by atoms with van der Waals surface area (Å²) < 4.78 is 0. The molecule has 0 radical (unpaired) electrons. The summed E-state index contributed by atoms with van der Waals surface area (Å²) in [7, 11) is 0. The topological polar surface area (TPSA) is 46.3 Å². The van der Waals surface area contributed by atoms with E-state index in [4.69, 9.17) is 5.73 Å². The molecule has 2 N–H and O–H groups in total. The van der Waals surface area contributed by atoms with Crippen molar-refractivity contribution in [1.82, 2.24) is 4.90 Å². The van der Waals surface area contributed by atoms with E-state index in [9.17, 15) is 4.79 Å². The van der Waals surface area contributed by atoms with Crippen LogP contribution in [-0.4, -0.2) is 29.9 Å². The Morgan fingerprint density at radius 3 is 2.53 bits per heavy atom. The molecule has 0 spiro atoms. The molecule has 0 aromatic rings. The third-order valence-electron chi connectivity index (χ3n) is 3.26. The number of amides is 1. The maximum absolute atomic E-state index is 11.7. The lowest BCUT2D eigenvalue weighted by Gasteiger charge is -2.34. The Morgan fingerprint density at radius 1 is 1.33 bits per heavy atom. The van der Waals surface area contributed by atoms with Crippen LogP contribution in [0.5, 0.6) is 0 Å². The zero-order valence-electron chi connectivity index (χ0n) is 9.87. The molecule has 88 valence electrons. The van der Waals surface area contributed by atoms with Gasteiger partial charge in [0.25, 0.3) is 0 Å². The Bertz CT molecular complexity index is 188.